The van der Waals surface area contributed by atoms with Crippen LogP contribution in [0.4, 0.5) is 0 Å². The van der Waals surface area contributed by atoms with Crippen molar-refractivity contribution >= 4 is 27.8 Å². The van der Waals surface area contributed by atoms with Crippen molar-refractivity contribution in [2.24, 2.45) is 0 Å². The number of carboxylic acid groups (broad SMARTS) is 1. The van der Waals surface area contributed by atoms with E-state index in [1.807, 2.05) is 0 Å². The molecular formula is C15H20BrNO4. The fourth-order valence-corrected chi connectivity index (χ4v) is 2.08. The third-order valence-corrected chi connectivity index (χ3v) is 3.42. The summed E-state index contributed by atoms with van der Waals surface area (Å²) in [5.74, 6) is -1.16. The number of halogens is 1. The van der Waals surface area contributed by atoms with Gasteiger partial charge in [-0.2, -0.15) is 0 Å². The monoisotopic (exact) mass is 357 g/mol. The molecule has 0 fully saturated rings. The maximum atomic E-state index is 11.9. The van der Waals surface area contributed by atoms with Crippen LogP contribution in [0.5, 0.6) is 5.75 Å². The fraction of sp³-hybridized carbons (Fsp3) is 0.467. The van der Waals surface area contributed by atoms with Crippen molar-refractivity contribution in [3.63, 3.8) is 0 Å². The van der Waals surface area contributed by atoms with Gasteiger partial charge in [0, 0.05) is 11.0 Å². The zero-order chi connectivity index (χ0) is 15.8. The van der Waals surface area contributed by atoms with Crippen molar-refractivity contribution in [2.45, 2.75) is 39.2 Å². The van der Waals surface area contributed by atoms with Crippen LogP contribution in [0.25, 0.3) is 0 Å². The molecule has 0 spiro atoms. The highest BCUT2D eigenvalue weighted by atomic mass is 79.9. The maximum absolute atomic E-state index is 11.9. The highest BCUT2D eigenvalue weighted by molar-refractivity contribution is 9.10. The molecule has 0 saturated carbocycles. The first-order valence-electron chi connectivity index (χ1n) is 6.93. The summed E-state index contributed by atoms with van der Waals surface area (Å²) in [5.41, 5.74) is 0.0313. The number of nitrogens with one attached hydrogen (secondary N) is 1. The Labute approximate surface area is 132 Å². The first-order chi connectivity index (χ1) is 9.95. The van der Waals surface area contributed by atoms with Crippen molar-refractivity contribution in [2.75, 3.05) is 6.54 Å². The Morgan fingerprint density at radius 2 is 2.10 bits per heavy atom. The molecular weight excluding hydrogens is 338 g/mol. The summed E-state index contributed by atoms with van der Waals surface area (Å²) in [4.78, 5) is 23.0. The molecule has 1 atom stereocenters. The molecule has 1 unspecified atom stereocenters. The van der Waals surface area contributed by atoms with Gasteiger partial charge in [0.1, 0.15) is 11.3 Å². The molecule has 0 bridgehead atoms. The summed E-state index contributed by atoms with van der Waals surface area (Å²) in [6.07, 6.45) is 2.32. The fourth-order valence-electron chi connectivity index (χ4n) is 1.74. The predicted octanol–water partition coefficient (Wildman–Crippen LogP) is 3.22. The van der Waals surface area contributed by atoms with Gasteiger partial charge in [-0.3, -0.25) is 4.79 Å². The lowest BCUT2D eigenvalue weighted by atomic mass is 10.2. The van der Waals surface area contributed by atoms with Crippen LogP contribution in [0.1, 0.15) is 43.5 Å². The van der Waals surface area contributed by atoms with Crippen molar-refractivity contribution in [1.29, 1.82) is 0 Å². The molecule has 0 saturated heterocycles. The van der Waals surface area contributed by atoms with Crippen LogP contribution in [0.3, 0.4) is 0 Å². The van der Waals surface area contributed by atoms with E-state index in [9.17, 15) is 9.59 Å². The number of rotatable bonds is 8. The molecule has 1 aromatic carbocycles. The van der Waals surface area contributed by atoms with E-state index in [4.69, 9.17) is 9.84 Å². The molecule has 0 aliphatic carbocycles. The zero-order valence-electron chi connectivity index (χ0n) is 12.2. The minimum Gasteiger partial charge on any atom is -0.480 e. The Bertz CT molecular complexity index is 504. The van der Waals surface area contributed by atoms with Gasteiger partial charge < -0.3 is 15.2 Å². The summed E-state index contributed by atoms with van der Waals surface area (Å²) in [6.45, 7) is 4.29. The normalized spacial score (nSPS) is 11.8. The molecule has 21 heavy (non-hydrogen) atoms. The van der Waals surface area contributed by atoms with Crippen LogP contribution in [0, 0.1) is 0 Å². The second kappa shape index (κ2) is 8.67. The quantitative estimate of drug-likeness (QED) is 0.700. The standard InChI is InChI=1S/C15H20BrNO4/c1-3-4-5-8-17-14(18)10(2)21-13-9-11(16)6-7-12(13)15(19)20/h6-7,9-10H,3-5,8H2,1-2H3,(H,17,18)(H,19,20). The van der Waals surface area contributed by atoms with Crippen LogP contribution < -0.4 is 10.1 Å². The van der Waals surface area contributed by atoms with Crippen molar-refractivity contribution in [1.82, 2.24) is 5.32 Å². The molecule has 1 amide bonds. The Morgan fingerprint density at radius 1 is 1.38 bits per heavy atom. The van der Waals surface area contributed by atoms with Crippen LogP contribution in [-0.4, -0.2) is 29.6 Å². The van der Waals surface area contributed by atoms with E-state index < -0.39 is 12.1 Å². The Kier molecular flexibility index (Phi) is 7.22. The first-order valence-corrected chi connectivity index (χ1v) is 7.72. The van der Waals surface area contributed by atoms with E-state index in [0.717, 1.165) is 19.3 Å². The lowest BCUT2D eigenvalue weighted by Gasteiger charge is -2.16. The van der Waals surface area contributed by atoms with Crippen molar-refractivity contribution in [3.05, 3.63) is 28.2 Å². The highest BCUT2D eigenvalue weighted by Gasteiger charge is 2.18. The minimum atomic E-state index is -1.09. The molecule has 1 aromatic rings. The van der Waals surface area contributed by atoms with Gasteiger partial charge in [0.15, 0.2) is 6.10 Å². The van der Waals surface area contributed by atoms with Gasteiger partial charge in [-0.15, -0.1) is 0 Å². The van der Waals surface area contributed by atoms with E-state index in [1.54, 1.807) is 19.1 Å². The molecule has 0 radical (unpaired) electrons. The topological polar surface area (TPSA) is 75.6 Å². The van der Waals surface area contributed by atoms with Gasteiger partial charge >= 0.3 is 5.97 Å². The van der Waals surface area contributed by atoms with Gasteiger partial charge in [0.05, 0.1) is 0 Å². The van der Waals surface area contributed by atoms with Crippen LogP contribution in [0.2, 0.25) is 0 Å². The number of carboxylic acids is 1. The molecule has 0 aliphatic rings. The number of carbonyl (C=O) groups excluding carboxylic acids is 1. The number of amides is 1. The third-order valence-electron chi connectivity index (χ3n) is 2.93. The van der Waals surface area contributed by atoms with Crippen LogP contribution >= 0.6 is 15.9 Å². The average molecular weight is 358 g/mol. The Balaban J connectivity index is 2.65. The van der Waals surface area contributed by atoms with E-state index in [1.165, 1.54) is 6.07 Å². The van der Waals surface area contributed by atoms with Crippen molar-refractivity contribution in [3.8, 4) is 5.75 Å². The number of hydrogen-bond acceptors (Lipinski definition) is 3. The summed E-state index contributed by atoms with van der Waals surface area (Å²) < 4.78 is 6.18. The number of aromatic carboxylic acids is 1. The molecule has 0 aromatic heterocycles. The summed E-state index contributed by atoms with van der Waals surface area (Å²) in [5, 5.41) is 11.9. The largest absolute Gasteiger partial charge is 0.480 e. The van der Waals surface area contributed by atoms with E-state index in [-0.39, 0.29) is 17.2 Å². The highest BCUT2D eigenvalue weighted by Crippen LogP contribution is 2.24. The van der Waals surface area contributed by atoms with Crippen molar-refractivity contribution < 1.29 is 19.4 Å². The SMILES string of the molecule is CCCCCNC(=O)C(C)Oc1cc(Br)ccc1C(=O)O. The van der Waals surface area contributed by atoms with Gasteiger partial charge in [0.2, 0.25) is 0 Å². The second-order valence-electron chi connectivity index (χ2n) is 4.70. The number of unbranched alkanes of at least 4 members (excludes halogenated alkanes) is 2. The van der Waals surface area contributed by atoms with Gasteiger partial charge in [-0.05, 0) is 31.5 Å². The van der Waals surface area contributed by atoms with E-state index in [0.29, 0.717) is 11.0 Å². The predicted molar refractivity (Wildman–Crippen MR) is 83.7 cm³/mol. The number of carbonyl (C=O) groups is 2. The second-order valence-corrected chi connectivity index (χ2v) is 5.62. The molecule has 0 heterocycles. The van der Waals surface area contributed by atoms with Gasteiger partial charge in [-0.1, -0.05) is 35.7 Å². The Morgan fingerprint density at radius 3 is 2.71 bits per heavy atom. The average Bonchev–Trinajstić information content (AvgIpc) is 2.43. The lowest BCUT2D eigenvalue weighted by molar-refractivity contribution is -0.127. The first kappa shape index (κ1) is 17.5. The smallest absolute Gasteiger partial charge is 0.339 e. The summed E-state index contributed by atoms with van der Waals surface area (Å²) in [6, 6.07) is 4.60. The van der Waals surface area contributed by atoms with Crippen LogP contribution in [-0.2, 0) is 4.79 Å². The minimum absolute atomic E-state index is 0.0313. The molecule has 5 nitrogen and oxygen atoms in total. The molecule has 1 rings (SSSR count). The Hall–Kier alpha value is -1.56. The summed E-state index contributed by atoms with van der Waals surface area (Å²) >= 11 is 3.26. The number of ether oxygens (including phenoxy) is 1. The van der Waals surface area contributed by atoms with Gasteiger partial charge in [0.25, 0.3) is 5.91 Å². The number of benzene rings is 1. The molecule has 116 valence electrons. The zero-order valence-corrected chi connectivity index (χ0v) is 13.8. The van der Waals surface area contributed by atoms with E-state index >= 15 is 0 Å². The maximum Gasteiger partial charge on any atom is 0.339 e. The molecule has 0 aliphatic heterocycles. The van der Waals surface area contributed by atoms with Crippen LogP contribution in [0.15, 0.2) is 22.7 Å². The van der Waals surface area contributed by atoms with E-state index in [2.05, 4.69) is 28.2 Å². The summed E-state index contributed by atoms with van der Waals surface area (Å²) in [7, 11) is 0. The lowest BCUT2D eigenvalue weighted by Crippen LogP contribution is -2.37. The third kappa shape index (κ3) is 5.75. The molecule has 6 heteroatoms. The number of hydrogen-bond donors (Lipinski definition) is 2. The van der Waals surface area contributed by atoms with Gasteiger partial charge in [-0.25, -0.2) is 4.79 Å². The molecule has 2 N–H and O–H groups in total.